The van der Waals surface area contributed by atoms with Gasteiger partial charge in [-0.2, -0.15) is 0 Å². The number of hydrogen-bond acceptors (Lipinski definition) is 5. The minimum atomic E-state index is 0.0316. The molecule has 2 aromatic rings. The molecule has 0 radical (unpaired) electrons. The second kappa shape index (κ2) is 8.99. The Hall–Kier alpha value is -2.89. The highest BCUT2D eigenvalue weighted by Crippen LogP contribution is 2.32. The van der Waals surface area contributed by atoms with Crippen LogP contribution in [0.25, 0.3) is 0 Å². The van der Waals surface area contributed by atoms with E-state index in [9.17, 15) is 4.79 Å². The SMILES string of the molecule is COc1ccc(OCCCC(=O)NCCc2ccc3c(c2)OCO3)cc1. The number of nitrogens with one attached hydrogen (secondary N) is 1. The van der Waals surface area contributed by atoms with Crippen LogP contribution in [0, 0.1) is 0 Å². The molecule has 6 heteroatoms. The first-order chi connectivity index (χ1) is 12.7. The summed E-state index contributed by atoms with van der Waals surface area (Å²) in [6.07, 6.45) is 1.86. The van der Waals surface area contributed by atoms with Crippen molar-refractivity contribution in [1.29, 1.82) is 0 Å². The molecular formula is C20H23NO5. The van der Waals surface area contributed by atoms with Gasteiger partial charge in [0.05, 0.1) is 13.7 Å². The molecule has 0 aliphatic carbocycles. The summed E-state index contributed by atoms with van der Waals surface area (Å²) in [5.74, 6) is 3.14. The fraction of sp³-hybridized carbons (Fsp3) is 0.350. The first kappa shape index (κ1) is 17.9. The van der Waals surface area contributed by atoms with Crippen LogP contribution >= 0.6 is 0 Å². The maximum Gasteiger partial charge on any atom is 0.231 e. The minimum Gasteiger partial charge on any atom is -0.497 e. The lowest BCUT2D eigenvalue weighted by atomic mass is 10.1. The van der Waals surface area contributed by atoms with E-state index in [0.29, 0.717) is 26.0 Å². The van der Waals surface area contributed by atoms with Gasteiger partial charge >= 0.3 is 0 Å². The number of rotatable bonds is 9. The molecule has 6 nitrogen and oxygen atoms in total. The number of amides is 1. The molecule has 26 heavy (non-hydrogen) atoms. The summed E-state index contributed by atoms with van der Waals surface area (Å²) in [6.45, 7) is 1.37. The van der Waals surface area contributed by atoms with E-state index in [1.54, 1.807) is 7.11 Å². The molecule has 138 valence electrons. The number of methoxy groups -OCH3 is 1. The van der Waals surface area contributed by atoms with Gasteiger partial charge in [-0.3, -0.25) is 4.79 Å². The fourth-order valence-electron chi connectivity index (χ4n) is 2.63. The molecule has 0 aromatic heterocycles. The predicted molar refractivity (Wildman–Crippen MR) is 97.0 cm³/mol. The fourth-order valence-corrected chi connectivity index (χ4v) is 2.63. The monoisotopic (exact) mass is 357 g/mol. The lowest BCUT2D eigenvalue weighted by molar-refractivity contribution is -0.121. The van der Waals surface area contributed by atoms with Crippen molar-refractivity contribution in [3.05, 3.63) is 48.0 Å². The van der Waals surface area contributed by atoms with Crippen LogP contribution in [-0.4, -0.2) is 33.0 Å². The van der Waals surface area contributed by atoms with E-state index in [1.807, 2.05) is 42.5 Å². The Bertz CT molecular complexity index is 729. The Morgan fingerprint density at radius 1 is 1.08 bits per heavy atom. The first-order valence-corrected chi connectivity index (χ1v) is 8.66. The maximum absolute atomic E-state index is 11.9. The maximum atomic E-state index is 11.9. The second-order valence-corrected chi connectivity index (χ2v) is 5.92. The van der Waals surface area contributed by atoms with Crippen LogP contribution in [0.3, 0.4) is 0 Å². The van der Waals surface area contributed by atoms with Crippen LogP contribution in [0.2, 0.25) is 0 Å². The second-order valence-electron chi connectivity index (χ2n) is 5.92. The summed E-state index contributed by atoms with van der Waals surface area (Å²) in [5.41, 5.74) is 1.11. The van der Waals surface area contributed by atoms with Crippen molar-refractivity contribution in [1.82, 2.24) is 5.32 Å². The molecule has 1 amide bonds. The van der Waals surface area contributed by atoms with Crippen molar-refractivity contribution < 1.29 is 23.7 Å². The van der Waals surface area contributed by atoms with E-state index in [4.69, 9.17) is 18.9 Å². The van der Waals surface area contributed by atoms with Crippen molar-refractivity contribution in [2.45, 2.75) is 19.3 Å². The predicted octanol–water partition coefficient (Wildman–Crippen LogP) is 2.94. The molecule has 0 atom stereocenters. The molecule has 0 saturated heterocycles. The Morgan fingerprint density at radius 2 is 1.85 bits per heavy atom. The van der Waals surface area contributed by atoms with Crippen molar-refractivity contribution in [3.63, 3.8) is 0 Å². The lowest BCUT2D eigenvalue weighted by Gasteiger charge is -2.08. The highest BCUT2D eigenvalue weighted by molar-refractivity contribution is 5.75. The summed E-state index contributed by atoms with van der Waals surface area (Å²) in [6, 6.07) is 13.2. The number of carbonyl (C=O) groups excluding carboxylic acids is 1. The Morgan fingerprint density at radius 3 is 2.65 bits per heavy atom. The van der Waals surface area contributed by atoms with E-state index >= 15 is 0 Å². The molecule has 1 aliphatic rings. The van der Waals surface area contributed by atoms with Crippen LogP contribution in [0.4, 0.5) is 0 Å². The minimum absolute atomic E-state index is 0.0316. The summed E-state index contributed by atoms with van der Waals surface area (Å²) in [5, 5.41) is 2.93. The summed E-state index contributed by atoms with van der Waals surface area (Å²) in [4.78, 5) is 11.9. The van der Waals surface area contributed by atoms with Crippen LogP contribution in [-0.2, 0) is 11.2 Å². The molecule has 0 spiro atoms. The van der Waals surface area contributed by atoms with Crippen molar-refractivity contribution in [2.75, 3.05) is 27.1 Å². The standard InChI is InChI=1S/C20H23NO5/c1-23-16-5-7-17(8-6-16)24-12-2-3-20(22)21-11-10-15-4-9-18-19(13-15)26-14-25-18/h4-9,13H,2-3,10-12,14H2,1H3,(H,21,22). The topological polar surface area (TPSA) is 66.0 Å². The molecule has 3 rings (SSSR count). The smallest absolute Gasteiger partial charge is 0.231 e. The van der Waals surface area contributed by atoms with Gasteiger partial charge in [-0.25, -0.2) is 0 Å². The van der Waals surface area contributed by atoms with E-state index in [1.165, 1.54) is 0 Å². The molecule has 0 bridgehead atoms. The highest BCUT2D eigenvalue weighted by atomic mass is 16.7. The number of carbonyl (C=O) groups is 1. The Labute approximate surface area is 153 Å². The van der Waals surface area contributed by atoms with Gasteiger partial charge in [-0.15, -0.1) is 0 Å². The zero-order valence-corrected chi connectivity index (χ0v) is 14.8. The molecule has 0 unspecified atom stereocenters. The number of benzene rings is 2. The third-order valence-corrected chi connectivity index (χ3v) is 4.05. The largest absolute Gasteiger partial charge is 0.497 e. The van der Waals surface area contributed by atoms with Gasteiger partial charge in [-0.05, 0) is 54.8 Å². The van der Waals surface area contributed by atoms with Gasteiger partial charge in [0.1, 0.15) is 11.5 Å². The van der Waals surface area contributed by atoms with E-state index in [2.05, 4.69) is 5.32 Å². The summed E-state index contributed by atoms with van der Waals surface area (Å²) < 4.78 is 21.3. The number of hydrogen-bond donors (Lipinski definition) is 1. The van der Waals surface area contributed by atoms with Crippen LogP contribution in [0.15, 0.2) is 42.5 Å². The third kappa shape index (κ3) is 5.05. The van der Waals surface area contributed by atoms with Crippen molar-refractivity contribution >= 4 is 5.91 Å². The molecular weight excluding hydrogens is 334 g/mol. The van der Waals surface area contributed by atoms with Crippen LogP contribution < -0.4 is 24.3 Å². The average Bonchev–Trinajstić information content (AvgIpc) is 3.13. The average molecular weight is 357 g/mol. The van der Waals surface area contributed by atoms with Gasteiger partial charge in [0, 0.05) is 13.0 Å². The zero-order valence-electron chi connectivity index (χ0n) is 14.8. The third-order valence-electron chi connectivity index (χ3n) is 4.05. The number of fused-ring (bicyclic) bond motifs is 1. The Balaban J connectivity index is 1.29. The first-order valence-electron chi connectivity index (χ1n) is 8.66. The summed E-state index contributed by atoms with van der Waals surface area (Å²) >= 11 is 0. The lowest BCUT2D eigenvalue weighted by Crippen LogP contribution is -2.25. The van der Waals surface area contributed by atoms with Crippen molar-refractivity contribution in [3.8, 4) is 23.0 Å². The van der Waals surface area contributed by atoms with Crippen molar-refractivity contribution in [2.24, 2.45) is 0 Å². The number of ether oxygens (including phenoxy) is 4. The zero-order chi connectivity index (χ0) is 18.2. The molecule has 0 saturated carbocycles. The van der Waals surface area contributed by atoms with Gasteiger partial charge < -0.3 is 24.3 Å². The summed E-state index contributed by atoms with van der Waals surface area (Å²) in [7, 11) is 1.63. The van der Waals surface area contributed by atoms with Crippen LogP contribution in [0.5, 0.6) is 23.0 Å². The van der Waals surface area contributed by atoms with Gasteiger partial charge in [0.15, 0.2) is 11.5 Å². The van der Waals surface area contributed by atoms with Gasteiger partial charge in [-0.1, -0.05) is 6.07 Å². The van der Waals surface area contributed by atoms with Gasteiger partial charge in [0.2, 0.25) is 12.7 Å². The molecule has 0 fully saturated rings. The van der Waals surface area contributed by atoms with E-state index in [-0.39, 0.29) is 12.7 Å². The molecule has 1 heterocycles. The Kier molecular flexibility index (Phi) is 6.19. The van der Waals surface area contributed by atoms with E-state index in [0.717, 1.165) is 35.0 Å². The molecule has 1 N–H and O–H groups in total. The highest BCUT2D eigenvalue weighted by Gasteiger charge is 2.13. The van der Waals surface area contributed by atoms with Gasteiger partial charge in [0.25, 0.3) is 0 Å². The van der Waals surface area contributed by atoms with Crippen LogP contribution in [0.1, 0.15) is 18.4 Å². The quantitative estimate of drug-likeness (QED) is 0.699. The molecule has 1 aliphatic heterocycles. The van der Waals surface area contributed by atoms with E-state index < -0.39 is 0 Å². The molecule has 2 aromatic carbocycles. The normalized spacial score (nSPS) is 11.9.